The van der Waals surface area contributed by atoms with Crippen LogP contribution >= 0.6 is 0 Å². The van der Waals surface area contributed by atoms with Crippen molar-refractivity contribution in [1.82, 2.24) is 5.32 Å². The van der Waals surface area contributed by atoms with Crippen molar-refractivity contribution in [2.24, 2.45) is 0 Å². The molecule has 0 unspecified atom stereocenters. The molecule has 0 aliphatic rings. The fourth-order valence-electron chi connectivity index (χ4n) is 0.490. The van der Waals surface area contributed by atoms with Gasteiger partial charge in [0.05, 0.1) is 0 Å². The summed E-state index contributed by atoms with van der Waals surface area (Å²) in [7, 11) is 1.90. The molecule has 0 spiro atoms. The van der Waals surface area contributed by atoms with Crippen LogP contribution in [0.1, 0.15) is 0 Å². The molecule has 0 heterocycles. The third kappa shape index (κ3) is 5.04. The third-order valence-corrected chi connectivity index (χ3v) is 0.872. The van der Waals surface area contributed by atoms with Gasteiger partial charge in [0.15, 0.2) is 0 Å². The van der Waals surface area contributed by atoms with E-state index in [1.807, 2.05) is 19.2 Å². The summed E-state index contributed by atoms with van der Waals surface area (Å²) in [5.74, 6) is 0. The summed E-state index contributed by atoms with van der Waals surface area (Å²) in [6.45, 7) is 8.17. The zero-order valence-corrected chi connectivity index (χ0v) is 5.85. The summed E-state index contributed by atoms with van der Waals surface area (Å²) in [5.41, 5.74) is 1.07. The number of nitrogens with one attached hydrogen (secondary N) is 1. The standard InChI is InChI=1S/C8H13N/c1-4-5-6-8(2)7-9-3/h4-6,9H,1-2,7H2,3H3/b6-5-. The molecule has 0 radical (unpaired) electrons. The molecule has 0 rings (SSSR count). The smallest absolute Gasteiger partial charge is 0.0196 e. The maximum atomic E-state index is 3.78. The Balaban J connectivity index is 3.49. The monoisotopic (exact) mass is 123 g/mol. The van der Waals surface area contributed by atoms with Crippen LogP contribution in [-0.4, -0.2) is 13.6 Å². The van der Waals surface area contributed by atoms with E-state index in [-0.39, 0.29) is 0 Å². The Morgan fingerprint density at radius 2 is 2.33 bits per heavy atom. The van der Waals surface area contributed by atoms with Crippen molar-refractivity contribution >= 4 is 0 Å². The summed E-state index contributed by atoms with van der Waals surface area (Å²) in [6.07, 6.45) is 5.55. The minimum absolute atomic E-state index is 0.838. The first-order valence-electron chi connectivity index (χ1n) is 2.92. The van der Waals surface area contributed by atoms with Gasteiger partial charge in [-0.25, -0.2) is 0 Å². The van der Waals surface area contributed by atoms with Gasteiger partial charge in [0.2, 0.25) is 0 Å². The number of allylic oxidation sites excluding steroid dienone is 2. The van der Waals surface area contributed by atoms with E-state index in [0.717, 1.165) is 12.1 Å². The van der Waals surface area contributed by atoms with Gasteiger partial charge in [-0.1, -0.05) is 31.4 Å². The highest BCUT2D eigenvalue weighted by Gasteiger charge is 1.80. The van der Waals surface area contributed by atoms with Crippen molar-refractivity contribution < 1.29 is 0 Å². The lowest BCUT2D eigenvalue weighted by molar-refractivity contribution is 0.898. The summed E-state index contributed by atoms with van der Waals surface area (Å²) in [4.78, 5) is 0. The lowest BCUT2D eigenvalue weighted by Crippen LogP contribution is -2.07. The molecule has 1 N–H and O–H groups in total. The van der Waals surface area contributed by atoms with E-state index >= 15 is 0 Å². The molecule has 0 amide bonds. The van der Waals surface area contributed by atoms with Crippen LogP contribution in [0.5, 0.6) is 0 Å². The topological polar surface area (TPSA) is 12.0 Å². The van der Waals surface area contributed by atoms with Crippen molar-refractivity contribution in [3.8, 4) is 0 Å². The lowest BCUT2D eigenvalue weighted by atomic mass is 10.3. The van der Waals surface area contributed by atoms with Crippen LogP contribution in [0, 0.1) is 0 Å². The Bertz CT molecular complexity index is 123. The van der Waals surface area contributed by atoms with Crippen LogP contribution in [0.2, 0.25) is 0 Å². The third-order valence-electron chi connectivity index (χ3n) is 0.872. The van der Waals surface area contributed by atoms with Crippen LogP contribution in [0.3, 0.4) is 0 Å². The molecule has 0 fully saturated rings. The molecule has 50 valence electrons. The summed E-state index contributed by atoms with van der Waals surface area (Å²) in [6, 6.07) is 0. The van der Waals surface area contributed by atoms with Crippen molar-refractivity contribution in [1.29, 1.82) is 0 Å². The lowest BCUT2D eigenvalue weighted by Gasteiger charge is -1.94. The largest absolute Gasteiger partial charge is 0.316 e. The minimum Gasteiger partial charge on any atom is -0.316 e. The van der Waals surface area contributed by atoms with Crippen molar-refractivity contribution in [3.05, 3.63) is 37.0 Å². The number of hydrogen-bond acceptors (Lipinski definition) is 1. The van der Waals surface area contributed by atoms with Crippen LogP contribution in [0.25, 0.3) is 0 Å². The Hall–Kier alpha value is -0.820. The van der Waals surface area contributed by atoms with Gasteiger partial charge in [-0.15, -0.1) is 0 Å². The normalized spacial score (nSPS) is 9.89. The molecule has 0 aliphatic heterocycles. The second kappa shape index (κ2) is 5.32. The van der Waals surface area contributed by atoms with E-state index in [9.17, 15) is 0 Å². The van der Waals surface area contributed by atoms with E-state index in [1.54, 1.807) is 6.08 Å². The van der Waals surface area contributed by atoms with Gasteiger partial charge in [0.25, 0.3) is 0 Å². The molecule has 1 nitrogen and oxygen atoms in total. The Labute approximate surface area is 56.8 Å². The zero-order valence-electron chi connectivity index (χ0n) is 5.85. The molecule has 0 aromatic heterocycles. The highest BCUT2D eigenvalue weighted by atomic mass is 14.8. The average molecular weight is 123 g/mol. The molecule has 0 aromatic carbocycles. The molecule has 0 atom stereocenters. The van der Waals surface area contributed by atoms with Crippen LogP contribution in [0.15, 0.2) is 37.0 Å². The van der Waals surface area contributed by atoms with Crippen molar-refractivity contribution in [2.75, 3.05) is 13.6 Å². The fourth-order valence-corrected chi connectivity index (χ4v) is 0.490. The molecule has 0 aromatic rings. The van der Waals surface area contributed by atoms with Gasteiger partial charge in [-0.2, -0.15) is 0 Å². The highest BCUT2D eigenvalue weighted by Crippen LogP contribution is 1.88. The van der Waals surface area contributed by atoms with Gasteiger partial charge in [0.1, 0.15) is 0 Å². The van der Waals surface area contributed by atoms with Gasteiger partial charge < -0.3 is 5.32 Å². The minimum atomic E-state index is 0.838. The Kier molecular flexibility index (Phi) is 4.83. The molecule has 0 aliphatic carbocycles. The first-order chi connectivity index (χ1) is 4.31. The molecular formula is C8H13N. The van der Waals surface area contributed by atoms with Crippen LogP contribution < -0.4 is 5.32 Å². The maximum absolute atomic E-state index is 3.78. The summed E-state index contributed by atoms with van der Waals surface area (Å²) < 4.78 is 0. The fraction of sp³-hybridized carbons (Fsp3) is 0.250. The van der Waals surface area contributed by atoms with Crippen LogP contribution in [0.4, 0.5) is 0 Å². The van der Waals surface area contributed by atoms with Gasteiger partial charge in [-0.05, 0) is 12.6 Å². The predicted octanol–water partition coefficient (Wildman–Crippen LogP) is 1.50. The molecular weight excluding hydrogens is 110 g/mol. The predicted molar refractivity (Wildman–Crippen MR) is 42.4 cm³/mol. The SMILES string of the molecule is C=C/C=C\C(=C)CNC. The maximum Gasteiger partial charge on any atom is 0.0196 e. The van der Waals surface area contributed by atoms with E-state index < -0.39 is 0 Å². The first-order valence-corrected chi connectivity index (χ1v) is 2.92. The second-order valence-corrected chi connectivity index (χ2v) is 1.78. The number of hydrogen-bond donors (Lipinski definition) is 1. The second-order valence-electron chi connectivity index (χ2n) is 1.78. The number of likely N-dealkylation sites (N-methyl/N-ethyl adjacent to an activating group) is 1. The van der Waals surface area contributed by atoms with E-state index in [4.69, 9.17) is 0 Å². The first kappa shape index (κ1) is 8.18. The van der Waals surface area contributed by atoms with Gasteiger partial charge in [-0.3, -0.25) is 0 Å². The Morgan fingerprint density at radius 1 is 1.67 bits per heavy atom. The summed E-state index contributed by atoms with van der Waals surface area (Å²) in [5, 5.41) is 2.99. The average Bonchev–Trinajstić information content (AvgIpc) is 1.85. The van der Waals surface area contributed by atoms with E-state index in [1.165, 1.54) is 0 Å². The molecule has 1 heteroatoms. The van der Waals surface area contributed by atoms with Crippen molar-refractivity contribution in [2.45, 2.75) is 0 Å². The van der Waals surface area contributed by atoms with Gasteiger partial charge in [0, 0.05) is 6.54 Å². The van der Waals surface area contributed by atoms with Crippen LogP contribution in [-0.2, 0) is 0 Å². The van der Waals surface area contributed by atoms with E-state index in [2.05, 4.69) is 18.5 Å². The van der Waals surface area contributed by atoms with Crippen molar-refractivity contribution in [3.63, 3.8) is 0 Å². The quantitative estimate of drug-likeness (QED) is 0.559. The number of rotatable bonds is 4. The molecule has 9 heavy (non-hydrogen) atoms. The Morgan fingerprint density at radius 3 is 2.78 bits per heavy atom. The highest BCUT2D eigenvalue weighted by molar-refractivity contribution is 5.19. The van der Waals surface area contributed by atoms with Gasteiger partial charge >= 0.3 is 0 Å². The van der Waals surface area contributed by atoms with E-state index in [0.29, 0.717) is 0 Å². The molecule has 0 bridgehead atoms. The molecule has 0 saturated heterocycles. The zero-order chi connectivity index (χ0) is 7.11. The molecule has 0 saturated carbocycles. The summed E-state index contributed by atoms with van der Waals surface area (Å²) >= 11 is 0.